The van der Waals surface area contributed by atoms with E-state index in [1.54, 1.807) is 0 Å². The van der Waals surface area contributed by atoms with Gasteiger partial charge in [0.1, 0.15) is 6.67 Å². The highest BCUT2D eigenvalue weighted by Gasteiger charge is 2.27. The fourth-order valence-corrected chi connectivity index (χ4v) is 2.28. The molecule has 0 saturated heterocycles. The van der Waals surface area contributed by atoms with E-state index in [4.69, 9.17) is 4.55 Å². The van der Waals surface area contributed by atoms with Gasteiger partial charge in [0.2, 0.25) is 0 Å². The van der Waals surface area contributed by atoms with E-state index in [-0.39, 0.29) is 18.8 Å². The van der Waals surface area contributed by atoms with Crippen molar-refractivity contribution in [2.24, 2.45) is 0 Å². The summed E-state index contributed by atoms with van der Waals surface area (Å²) in [5.41, 5.74) is 0. The number of nitrogens with zero attached hydrogens (tertiary/aromatic N) is 1. The van der Waals surface area contributed by atoms with E-state index in [1.165, 1.54) is 4.90 Å². The van der Waals surface area contributed by atoms with E-state index < -0.39 is 29.4 Å². The van der Waals surface area contributed by atoms with Crippen molar-refractivity contribution in [2.45, 2.75) is 38.3 Å². The molecule has 0 aromatic rings. The minimum absolute atomic E-state index is 0.0267. The number of hydrogen-bond acceptors (Lipinski definition) is 3. The standard InChI is InChI=1S/C11H21F4NO3S/c12-6-9-16(8-5-11(13,14)15)7-3-1-2-4-10-20(17,18)19/h1-10H2,(H,17,18,19). The van der Waals surface area contributed by atoms with Crippen LogP contribution in [0.25, 0.3) is 0 Å². The molecular weight excluding hydrogens is 302 g/mol. The van der Waals surface area contributed by atoms with Crippen LogP contribution in [-0.4, -0.2) is 56.1 Å². The third-order valence-corrected chi connectivity index (χ3v) is 3.54. The zero-order chi connectivity index (χ0) is 15.6. The van der Waals surface area contributed by atoms with Crippen LogP contribution in [0.1, 0.15) is 32.1 Å². The molecule has 0 amide bonds. The SMILES string of the molecule is O=S(=O)(O)CCCCCCN(CCF)CCC(F)(F)F. The molecule has 0 unspecified atom stereocenters. The van der Waals surface area contributed by atoms with E-state index in [1.807, 2.05) is 0 Å². The van der Waals surface area contributed by atoms with E-state index in [9.17, 15) is 26.0 Å². The Morgan fingerprint density at radius 1 is 0.950 bits per heavy atom. The summed E-state index contributed by atoms with van der Waals surface area (Å²) in [6.45, 7) is -0.591. The van der Waals surface area contributed by atoms with Gasteiger partial charge in [0.25, 0.3) is 10.1 Å². The van der Waals surface area contributed by atoms with Crippen LogP contribution in [0.2, 0.25) is 0 Å². The Morgan fingerprint density at radius 3 is 2.05 bits per heavy atom. The van der Waals surface area contributed by atoms with E-state index >= 15 is 0 Å². The van der Waals surface area contributed by atoms with Gasteiger partial charge < -0.3 is 4.90 Å². The van der Waals surface area contributed by atoms with Crippen LogP contribution in [0.4, 0.5) is 17.6 Å². The maximum absolute atomic E-state index is 12.2. The predicted octanol–water partition coefficient (Wildman–Crippen LogP) is 2.66. The molecule has 122 valence electrons. The maximum Gasteiger partial charge on any atom is 0.390 e. The summed E-state index contributed by atoms with van der Waals surface area (Å²) in [6.07, 6.45) is -3.14. The number of hydrogen-bond donors (Lipinski definition) is 1. The normalized spacial score (nSPS) is 13.1. The first-order chi connectivity index (χ1) is 9.14. The monoisotopic (exact) mass is 323 g/mol. The molecular formula is C11H21F4NO3S. The first-order valence-corrected chi connectivity index (χ1v) is 8.05. The quantitative estimate of drug-likeness (QED) is 0.361. The Labute approximate surface area is 116 Å². The maximum atomic E-state index is 12.2. The Hall–Kier alpha value is -0.410. The molecule has 0 heterocycles. The van der Waals surface area contributed by atoms with Gasteiger partial charge in [0.05, 0.1) is 12.2 Å². The highest BCUT2D eigenvalue weighted by Crippen LogP contribution is 2.19. The van der Waals surface area contributed by atoms with Crippen molar-refractivity contribution in [3.8, 4) is 0 Å². The summed E-state index contributed by atoms with van der Waals surface area (Å²) < 4.78 is 77.7. The van der Waals surface area contributed by atoms with Gasteiger partial charge >= 0.3 is 6.18 Å². The van der Waals surface area contributed by atoms with Crippen LogP contribution >= 0.6 is 0 Å². The van der Waals surface area contributed by atoms with Gasteiger partial charge in [-0.2, -0.15) is 21.6 Å². The van der Waals surface area contributed by atoms with Crippen molar-refractivity contribution < 1.29 is 30.5 Å². The minimum atomic E-state index is -4.25. The lowest BCUT2D eigenvalue weighted by atomic mass is 10.2. The van der Waals surface area contributed by atoms with Crippen molar-refractivity contribution in [2.75, 3.05) is 32.1 Å². The predicted molar refractivity (Wildman–Crippen MR) is 68.0 cm³/mol. The van der Waals surface area contributed by atoms with Crippen LogP contribution in [0, 0.1) is 0 Å². The molecule has 0 aromatic heterocycles. The number of unbranched alkanes of at least 4 members (excludes halogenated alkanes) is 3. The summed E-state index contributed by atoms with van der Waals surface area (Å²) in [7, 11) is -3.95. The van der Waals surface area contributed by atoms with E-state index in [0.29, 0.717) is 32.2 Å². The smallest absolute Gasteiger partial charge is 0.300 e. The lowest BCUT2D eigenvalue weighted by Crippen LogP contribution is -2.31. The minimum Gasteiger partial charge on any atom is -0.300 e. The number of alkyl halides is 4. The van der Waals surface area contributed by atoms with Gasteiger partial charge in [-0.25, -0.2) is 4.39 Å². The van der Waals surface area contributed by atoms with Crippen LogP contribution in [0.15, 0.2) is 0 Å². The lowest BCUT2D eigenvalue weighted by molar-refractivity contribution is -0.138. The fourth-order valence-electron chi connectivity index (χ4n) is 1.71. The van der Waals surface area contributed by atoms with Gasteiger partial charge in [0, 0.05) is 13.1 Å². The average Bonchev–Trinajstić information content (AvgIpc) is 2.27. The molecule has 0 radical (unpaired) electrons. The molecule has 20 heavy (non-hydrogen) atoms. The highest BCUT2D eigenvalue weighted by molar-refractivity contribution is 7.85. The molecule has 9 heteroatoms. The van der Waals surface area contributed by atoms with Crippen molar-refractivity contribution in [1.29, 1.82) is 0 Å². The van der Waals surface area contributed by atoms with Gasteiger partial charge in [0.15, 0.2) is 0 Å². The van der Waals surface area contributed by atoms with Crippen molar-refractivity contribution in [1.82, 2.24) is 4.90 Å². The van der Waals surface area contributed by atoms with Crippen molar-refractivity contribution in [3.63, 3.8) is 0 Å². The Bertz CT molecular complexity index is 346. The van der Waals surface area contributed by atoms with Gasteiger partial charge in [-0.1, -0.05) is 12.8 Å². The molecule has 0 spiro atoms. The van der Waals surface area contributed by atoms with Crippen LogP contribution in [0.5, 0.6) is 0 Å². The zero-order valence-electron chi connectivity index (χ0n) is 11.2. The second-order valence-electron chi connectivity index (χ2n) is 4.60. The van der Waals surface area contributed by atoms with Gasteiger partial charge in [-0.3, -0.25) is 4.55 Å². The molecule has 0 bridgehead atoms. The Balaban J connectivity index is 3.75. The first kappa shape index (κ1) is 19.6. The molecule has 0 saturated carbocycles. The van der Waals surface area contributed by atoms with Crippen LogP contribution < -0.4 is 0 Å². The molecule has 0 fully saturated rings. The van der Waals surface area contributed by atoms with Crippen molar-refractivity contribution >= 4 is 10.1 Å². The molecule has 0 aliphatic carbocycles. The van der Waals surface area contributed by atoms with Crippen LogP contribution in [-0.2, 0) is 10.1 Å². The van der Waals surface area contributed by atoms with Crippen LogP contribution in [0.3, 0.4) is 0 Å². The second-order valence-corrected chi connectivity index (χ2v) is 6.17. The Morgan fingerprint density at radius 2 is 1.55 bits per heavy atom. The third-order valence-electron chi connectivity index (χ3n) is 2.74. The molecule has 0 atom stereocenters. The molecule has 0 aliphatic heterocycles. The summed E-state index contributed by atoms with van der Waals surface area (Å²) in [6, 6.07) is 0. The highest BCUT2D eigenvalue weighted by atomic mass is 32.2. The van der Waals surface area contributed by atoms with Gasteiger partial charge in [-0.05, 0) is 19.4 Å². The van der Waals surface area contributed by atoms with E-state index in [2.05, 4.69) is 0 Å². The Kier molecular flexibility index (Phi) is 9.32. The summed E-state index contributed by atoms with van der Waals surface area (Å²) in [4.78, 5) is 1.41. The topological polar surface area (TPSA) is 57.6 Å². The zero-order valence-corrected chi connectivity index (χ0v) is 12.0. The first-order valence-electron chi connectivity index (χ1n) is 6.44. The van der Waals surface area contributed by atoms with Crippen molar-refractivity contribution in [3.05, 3.63) is 0 Å². The average molecular weight is 323 g/mol. The third kappa shape index (κ3) is 14.0. The molecule has 0 aliphatic rings. The fraction of sp³-hybridized carbons (Fsp3) is 1.00. The molecule has 0 aromatic carbocycles. The number of halogens is 4. The summed E-state index contributed by atoms with van der Waals surface area (Å²) in [5.74, 6) is -0.310. The molecule has 4 nitrogen and oxygen atoms in total. The van der Waals surface area contributed by atoms with E-state index in [0.717, 1.165) is 0 Å². The second kappa shape index (κ2) is 9.51. The molecule has 1 N–H and O–H groups in total. The summed E-state index contributed by atoms with van der Waals surface area (Å²) in [5, 5.41) is 0. The van der Waals surface area contributed by atoms with Gasteiger partial charge in [-0.15, -0.1) is 0 Å². The lowest BCUT2D eigenvalue weighted by Gasteiger charge is -2.21. The number of rotatable bonds is 11. The summed E-state index contributed by atoms with van der Waals surface area (Å²) >= 11 is 0. The largest absolute Gasteiger partial charge is 0.390 e. The molecule has 0 rings (SSSR count).